The van der Waals surface area contributed by atoms with Crippen LogP contribution in [-0.4, -0.2) is 12.5 Å². The number of amides is 1. The van der Waals surface area contributed by atoms with Crippen molar-refractivity contribution in [2.24, 2.45) is 5.73 Å². The second-order valence-corrected chi connectivity index (χ2v) is 3.35. The second-order valence-electron chi connectivity index (χ2n) is 3.35. The molecule has 15 heavy (non-hydrogen) atoms. The van der Waals surface area contributed by atoms with E-state index in [0.717, 1.165) is 16.7 Å². The first-order valence-corrected chi connectivity index (χ1v) is 4.92. The van der Waals surface area contributed by atoms with Gasteiger partial charge in [-0.05, 0) is 17.7 Å². The van der Waals surface area contributed by atoms with Crippen LogP contribution < -0.4 is 11.1 Å². The molecule has 2 rings (SSSR count). The second kappa shape index (κ2) is 4.16. The van der Waals surface area contributed by atoms with Crippen LogP contribution in [0.25, 0.3) is 0 Å². The molecule has 3 heteroatoms. The van der Waals surface area contributed by atoms with E-state index in [1.165, 1.54) is 0 Å². The molecule has 0 aliphatic carbocycles. The molecule has 0 radical (unpaired) electrons. The number of hydrogen-bond acceptors (Lipinski definition) is 2. The summed E-state index contributed by atoms with van der Waals surface area (Å²) in [5.74, 6) is 6.02. The van der Waals surface area contributed by atoms with E-state index in [4.69, 9.17) is 5.73 Å². The van der Waals surface area contributed by atoms with Crippen molar-refractivity contribution in [1.82, 2.24) is 5.32 Å². The molecule has 1 aliphatic rings. The van der Waals surface area contributed by atoms with Crippen molar-refractivity contribution in [1.29, 1.82) is 0 Å². The Hall–Kier alpha value is -1.79. The highest BCUT2D eigenvalue weighted by molar-refractivity contribution is 5.98. The Bertz CT molecular complexity index is 454. The Labute approximate surface area is 88.7 Å². The molecule has 1 aliphatic heterocycles. The van der Waals surface area contributed by atoms with Gasteiger partial charge in [-0.1, -0.05) is 17.9 Å². The van der Waals surface area contributed by atoms with E-state index in [-0.39, 0.29) is 5.91 Å². The molecular weight excluding hydrogens is 188 g/mol. The molecule has 76 valence electrons. The van der Waals surface area contributed by atoms with Crippen LogP contribution in [0.15, 0.2) is 18.2 Å². The maximum atomic E-state index is 11.4. The van der Waals surface area contributed by atoms with Gasteiger partial charge in [-0.25, -0.2) is 0 Å². The number of nitrogens with two attached hydrogens (primary N) is 1. The van der Waals surface area contributed by atoms with Gasteiger partial charge in [0.05, 0.1) is 0 Å². The predicted molar refractivity (Wildman–Crippen MR) is 58.2 cm³/mol. The molecule has 3 nitrogen and oxygen atoms in total. The predicted octanol–water partition coefficient (Wildman–Crippen LogP) is 0.630. The Morgan fingerprint density at radius 2 is 2.33 bits per heavy atom. The van der Waals surface area contributed by atoms with Crippen molar-refractivity contribution >= 4 is 5.91 Å². The fourth-order valence-electron chi connectivity index (χ4n) is 1.60. The average Bonchev–Trinajstić information content (AvgIpc) is 2.62. The van der Waals surface area contributed by atoms with Crippen LogP contribution in [0.1, 0.15) is 27.9 Å². The zero-order chi connectivity index (χ0) is 10.7. The van der Waals surface area contributed by atoms with Gasteiger partial charge in [0, 0.05) is 30.6 Å². The molecule has 1 heterocycles. The molecule has 0 atom stereocenters. The summed E-state index contributed by atoms with van der Waals surface area (Å²) in [7, 11) is 0. The van der Waals surface area contributed by atoms with Crippen molar-refractivity contribution in [3.63, 3.8) is 0 Å². The lowest BCUT2D eigenvalue weighted by molar-refractivity contribution is 0.0966. The van der Waals surface area contributed by atoms with Crippen LogP contribution in [-0.2, 0) is 6.54 Å². The number of fused-ring (bicyclic) bond motifs is 1. The lowest BCUT2D eigenvalue weighted by atomic mass is 10.0. The van der Waals surface area contributed by atoms with Gasteiger partial charge >= 0.3 is 0 Å². The van der Waals surface area contributed by atoms with Crippen molar-refractivity contribution in [3.05, 3.63) is 34.9 Å². The fourth-order valence-corrected chi connectivity index (χ4v) is 1.60. The third-order valence-electron chi connectivity index (χ3n) is 2.34. The van der Waals surface area contributed by atoms with Crippen LogP contribution in [0.5, 0.6) is 0 Å². The van der Waals surface area contributed by atoms with Gasteiger partial charge in [-0.15, -0.1) is 0 Å². The average molecular weight is 200 g/mol. The van der Waals surface area contributed by atoms with Gasteiger partial charge in [0.15, 0.2) is 0 Å². The maximum Gasteiger partial charge on any atom is 0.251 e. The topological polar surface area (TPSA) is 55.1 Å². The lowest BCUT2D eigenvalue weighted by Gasteiger charge is -1.98. The minimum absolute atomic E-state index is 0.00697. The highest BCUT2D eigenvalue weighted by atomic mass is 16.1. The van der Waals surface area contributed by atoms with Crippen LogP contribution in [0, 0.1) is 11.8 Å². The van der Waals surface area contributed by atoms with Crippen molar-refractivity contribution < 1.29 is 4.79 Å². The molecule has 0 spiro atoms. The summed E-state index contributed by atoms with van der Waals surface area (Å²) in [6, 6.07) is 5.62. The molecule has 1 amide bonds. The van der Waals surface area contributed by atoms with E-state index in [2.05, 4.69) is 17.2 Å². The number of hydrogen-bond donors (Lipinski definition) is 2. The number of carbonyl (C=O) groups is 1. The van der Waals surface area contributed by atoms with Gasteiger partial charge in [0.1, 0.15) is 0 Å². The molecule has 0 unspecified atom stereocenters. The summed E-state index contributed by atoms with van der Waals surface area (Å²) in [5, 5.41) is 2.78. The maximum absolute atomic E-state index is 11.4. The minimum Gasteiger partial charge on any atom is -0.348 e. The molecule has 0 fully saturated rings. The third-order valence-corrected chi connectivity index (χ3v) is 2.34. The number of carbonyl (C=O) groups excluding carboxylic acids is 1. The highest BCUT2D eigenvalue weighted by Crippen LogP contribution is 2.18. The smallest absolute Gasteiger partial charge is 0.251 e. The molecule has 0 saturated heterocycles. The third kappa shape index (κ3) is 1.85. The molecule has 0 bridgehead atoms. The summed E-state index contributed by atoms with van der Waals surface area (Å²) < 4.78 is 0. The Morgan fingerprint density at radius 1 is 1.47 bits per heavy atom. The molecule has 1 aromatic rings. The molecule has 1 aromatic carbocycles. The van der Waals surface area contributed by atoms with E-state index < -0.39 is 0 Å². The van der Waals surface area contributed by atoms with E-state index in [1.54, 1.807) is 0 Å². The first-order chi connectivity index (χ1) is 7.33. The first-order valence-electron chi connectivity index (χ1n) is 4.92. The molecule has 0 saturated carbocycles. The van der Waals surface area contributed by atoms with Crippen molar-refractivity contribution in [2.45, 2.75) is 13.0 Å². The highest BCUT2D eigenvalue weighted by Gasteiger charge is 2.20. The first kappa shape index (κ1) is 9.75. The Balaban J connectivity index is 2.35. The quantitative estimate of drug-likeness (QED) is 0.653. The van der Waals surface area contributed by atoms with Crippen molar-refractivity contribution in [2.75, 3.05) is 6.54 Å². The fraction of sp³-hybridized carbons (Fsp3) is 0.250. The van der Waals surface area contributed by atoms with Gasteiger partial charge < -0.3 is 11.1 Å². The molecular formula is C12H12N2O. The van der Waals surface area contributed by atoms with E-state index in [0.29, 0.717) is 19.5 Å². The normalized spacial score (nSPS) is 12.7. The Morgan fingerprint density at radius 3 is 3.13 bits per heavy atom. The lowest BCUT2D eigenvalue weighted by Crippen LogP contribution is -2.12. The molecule has 0 aromatic heterocycles. The number of benzene rings is 1. The largest absolute Gasteiger partial charge is 0.348 e. The van der Waals surface area contributed by atoms with Crippen LogP contribution in [0.2, 0.25) is 0 Å². The zero-order valence-corrected chi connectivity index (χ0v) is 8.34. The SMILES string of the molecule is NCCC#Cc1cccc2c1CNC2=O. The summed E-state index contributed by atoms with van der Waals surface area (Å²) in [5.41, 5.74) is 8.04. The standard InChI is InChI=1S/C12H12N2O/c13-7-2-1-4-9-5-3-6-10-11(9)8-14-12(10)15/h3,5-6H,2,7-8,13H2,(H,14,15). The van der Waals surface area contributed by atoms with E-state index >= 15 is 0 Å². The molecule has 3 N–H and O–H groups in total. The van der Waals surface area contributed by atoms with E-state index in [9.17, 15) is 4.79 Å². The zero-order valence-electron chi connectivity index (χ0n) is 8.34. The summed E-state index contributed by atoms with van der Waals surface area (Å²) in [4.78, 5) is 11.4. The van der Waals surface area contributed by atoms with Crippen LogP contribution in [0.3, 0.4) is 0 Å². The number of nitrogens with one attached hydrogen (secondary N) is 1. The summed E-state index contributed by atoms with van der Waals surface area (Å²) >= 11 is 0. The van der Waals surface area contributed by atoms with E-state index in [1.807, 2.05) is 18.2 Å². The monoisotopic (exact) mass is 200 g/mol. The minimum atomic E-state index is -0.00697. The van der Waals surface area contributed by atoms with Gasteiger partial charge in [0.2, 0.25) is 0 Å². The summed E-state index contributed by atoms with van der Waals surface area (Å²) in [6.07, 6.45) is 0.686. The number of rotatable bonds is 1. The van der Waals surface area contributed by atoms with Gasteiger partial charge in [-0.3, -0.25) is 4.79 Å². The van der Waals surface area contributed by atoms with Crippen LogP contribution in [0.4, 0.5) is 0 Å². The van der Waals surface area contributed by atoms with Crippen molar-refractivity contribution in [3.8, 4) is 11.8 Å². The van der Waals surface area contributed by atoms with Crippen LogP contribution >= 0.6 is 0 Å². The summed E-state index contributed by atoms with van der Waals surface area (Å²) in [6.45, 7) is 1.15. The van der Waals surface area contributed by atoms with Gasteiger partial charge in [-0.2, -0.15) is 0 Å². The Kier molecular flexibility index (Phi) is 2.70. The van der Waals surface area contributed by atoms with Gasteiger partial charge in [0.25, 0.3) is 5.91 Å².